The average Bonchev–Trinajstić information content (AvgIpc) is 2.39. The van der Waals surface area contributed by atoms with Crippen molar-refractivity contribution in [2.45, 2.75) is 20.8 Å². The number of hydrogen-bond donors (Lipinski definition) is 0. The third kappa shape index (κ3) is 4.79. The van der Waals surface area contributed by atoms with Crippen LogP contribution in [0, 0.1) is 5.92 Å². The maximum atomic E-state index is 11.7. The Morgan fingerprint density at radius 2 is 1.05 bits per heavy atom. The minimum absolute atomic E-state index is 0.117. The fourth-order valence-electron chi connectivity index (χ4n) is 1.20. The van der Waals surface area contributed by atoms with Gasteiger partial charge in [-0.15, -0.1) is 0 Å². The Morgan fingerprint density at radius 1 is 0.700 bits per heavy atom. The normalized spacial score (nSPS) is 9.80. The molecule has 0 atom stereocenters. The molecule has 8 heteroatoms. The van der Waals surface area contributed by atoms with Crippen LogP contribution in [0.25, 0.3) is 0 Å². The number of carbonyl (C=O) groups is 5. The third-order valence-electron chi connectivity index (χ3n) is 2.00. The molecule has 0 saturated carbocycles. The second kappa shape index (κ2) is 8.78. The molecule has 0 amide bonds. The van der Waals surface area contributed by atoms with E-state index in [2.05, 4.69) is 14.2 Å². The van der Waals surface area contributed by atoms with Gasteiger partial charge in [0.25, 0.3) is 11.6 Å². The molecule has 0 N–H and O–H groups in total. The Bertz CT molecular complexity index is 382. The van der Waals surface area contributed by atoms with Crippen molar-refractivity contribution in [3.63, 3.8) is 0 Å². The molecule has 0 fully saturated rings. The molecular weight excluding hydrogens is 272 g/mol. The van der Waals surface area contributed by atoms with Crippen LogP contribution in [0.2, 0.25) is 0 Å². The number of ketones is 2. The van der Waals surface area contributed by atoms with Gasteiger partial charge in [0, 0.05) is 0 Å². The number of ether oxygens (including phenoxy) is 3. The summed E-state index contributed by atoms with van der Waals surface area (Å²) in [6.45, 7) is 3.97. The van der Waals surface area contributed by atoms with E-state index in [1.54, 1.807) is 0 Å². The van der Waals surface area contributed by atoms with E-state index >= 15 is 0 Å². The fraction of sp³-hybridized carbons (Fsp3) is 0.583. The second-order valence-corrected chi connectivity index (χ2v) is 3.35. The van der Waals surface area contributed by atoms with Crippen molar-refractivity contribution in [3.8, 4) is 0 Å². The molecule has 0 spiro atoms. The minimum Gasteiger partial charge on any atom is -0.465 e. The Labute approximate surface area is 115 Å². The van der Waals surface area contributed by atoms with E-state index in [0.717, 1.165) is 0 Å². The van der Waals surface area contributed by atoms with Crippen molar-refractivity contribution in [1.82, 2.24) is 0 Å². The Kier molecular flexibility index (Phi) is 7.80. The molecule has 20 heavy (non-hydrogen) atoms. The molecule has 0 unspecified atom stereocenters. The molecule has 8 nitrogen and oxygen atoms in total. The van der Waals surface area contributed by atoms with Gasteiger partial charge in [0.15, 0.2) is 5.92 Å². The van der Waals surface area contributed by atoms with E-state index in [9.17, 15) is 24.0 Å². The predicted octanol–water partition coefficient (Wildman–Crippen LogP) is -0.570. The van der Waals surface area contributed by atoms with Crippen LogP contribution in [0.3, 0.4) is 0 Å². The molecule has 0 bridgehead atoms. The average molecular weight is 288 g/mol. The van der Waals surface area contributed by atoms with E-state index in [-0.39, 0.29) is 19.8 Å². The van der Waals surface area contributed by atoms with Crippen molar-refractivity contribution >= 4 is 29.5 Å². The summed E-state index contributed by atoms with van der Waals surface area (Å²) < 4.78 is 13.3. The van der Waals surface area contributed by atoms with Crippen molar-refractivity contribution in [1.29, 1.82) is 0 Å². The molecule has 0 radical (unpaired) electrons. The monoisotopic (exact) mass is 288 g/mol. The van der Waals surface area contributed by atoms with Gasteiger partial charge in [-0.25, -0.2) is 9.59 Å². The van der Waals surface area contributed by atoms with E-state index in [1.165, 1.54) is 20.8 Å². The van der Waals surface area contributed by atoms with Gasteiger partial charge in [-0.05, 0) is 20.8 Å². The van der Waals surface area contributed by atoms with Crippen LogP contribution in [-0.2, 0) is 38.2 Å². The standard InChI is InChI=1S/C12H16O8/c1-4-18-10(15)7(8(13)11(16)19-5-2)9(14)12(17)20-6-3/h7H,4-6H2,1-3H3. The lowest BCUT2D eigenvalue weighted by Crippen LogP contribution is -2.42. The summed E-state index contributed by atoms with van der Waals surface area (Å²) in [6.07, 6.45) is 0. The Morgan fingerprint density at radius 3 is 1.35 bits per heavy atom. The zero-order valence-electron chi connectivity index (χ0n) is 11.5. The summed E-state index contributed by atoms with van der Waals surface area (Å²) in [5.74, 6) is -9.16. The molecular formula is C12H16O8. The first-order valence-electron chi connectivity index (χ1n) is 5.99. The highest BCUT2D eigenvalue weighted by Gasteiger charge is 2.43. The SMILES string of the molecule is CCOC(=O)C(=O)C(C(=O)OCC)C(=O)C(=O)OCC. The summed E-state index contributed by atoms with van der Waals surface area (Å²) in [5, 5.41) is 0. The zero-order chi connectivity index (χ0) is 15.7. The lowest BCUT2D eigenvalue weighted by molar-refractivity contribution is -0.168. The largest absolute Gasteiger partial charge is 0.465 e. The topological polar surface area (TPSA) is 113 Å². The second-order valence-electron chi connectivity index (χ2n) is 3.35. The number of esters is 3. The van der Waals surface area contributed by atoms with Crippen LogP contribution in [0.1, 0.15) is 20.8 Å². The lowest BCUT2D eigenvalue weighted by atomic mass is 9.99. The zero-order valence-corrected chi connectivity index (χ0v) is 11.5. The first-order chi connectivity index (χ1) is 9.40. The van der Waals surface area contributed by atoms with E-state index in [1.807, 2.05) is 0 Å². The molecule has 0 aliphatic carbocycles. The van der Waals surface area contributed by atoms with Crippen LogP contribution in [0.15, 0.2) is 0 Å². The minimum atomic E-state index is -2.19. The highest BCUT2D eigenvalue weighted by molar-refractivity contribution is 6.51. The fourth-order valence-corrected chi connectivity index (χ4v) is 1.20. The van der Waals surface area contributed by atoms with E-state index in [0.29, 0.717) is 0 Å². The van der Waals surface area contributed by atoms with Crippen molar-refractivity contribution < 1.29 is 38.2 Å². The molecule has 0 saturated heterocycles. The maximum Gasteiger partial charge on any atom is 0.376 e. The van der Waals surface area contributed by atoms with Gasteiger partial charge in [-0.2, -0.15) is 0 Å². The summed E-state index contributed by atoms with van der Waals surface area (Å²) in [4.78, 5) is 57.5. The maximum absolute atomic E-state index is 11.7. The van der Waals surface area contributed by atoms with Gasteiger partial charge in [0.1, 0.15) is 0 Å². The van der Waals surface area contributed by atoms with Gasteiger partial charge >= 0.3 is 17.9 Å². The van der Waals surface area contributed by atoms with Crippen LogP contribution in [0.5, 0.6) is 0 Å². The smallest absolute Gasteiger partial charge is 0.376 e. The summed E-state index contributed by atoms with van der Waals surface area (Å²) >= 11 is 0. The van der Waals surface area contributed by atoms with Gasteiger partial charge < -0.3 is 14.2 Å². The lowest BCUT2D eigenvalue weighted by Gasteiger charge is -2.11. The molecule has 0 heterocycles. The van der Waals surface area contributed by atoms with Gasteiger partial charge in [-0.3, -0.25) is 14.4 Å². The van der Waals surface area contributed by atoms with E-state index < -0.39 is 35.4 Å². The number of hydrogen-bond acceptors (Lipinski definition) is 8. The van der Waals surface area contributed by atoms with Crippen molar-refractivity contribution in [2.24, 2.45) is 5.92 Å². The predicted molar refractivity (Wildman–Crippen MR) is 63.4 cm³/mol. The van der Waals surface area contributed by atoms with Gasteiger partial charge in [0.2, 0.25) is 0 Å². The molecule has 0 aliphatic rings. The van der Waals surface area contributed by atoms with Gasteiger partial charge in [-0.1, -0.05) is 0 Å². The quantitative estimate of drug-likeness (QED) is 0.252. The molecule has 0 aromatic heterocycles. The number of rotatable bonds is 8. The molecule has 0 aromatic carbocycles. The molecule has 112 valence electrons. The number of carbonyl (C=O) groups excluding carboxylic acids is 5. The highest BCUT2D eigenvalue weighted by Crippen LogP contribution is 2.08. The molecule has 0 aromatic rings. The highest BCUT2D eigenvalue weighted by atomic mass is 16.6. The molecule has 0 aliphatic heterocycles. The van der Waals surface area contributed by atoms with Crippen LogP contribution >= 0.6 is 0 Å². The van der Waals surface area contributed by atoms with Crippen molar-refractivity contribution in [2.75, 3.05) is 19.8 Å². The Hall–Kier alpha value is -2.25. The van der Waals surface area contributed by atoms with Crippen LogP contribution in [-0.4, -0.2) is 49.3 Å². The van der Waals surface area contributed by atoms with Crippen molar-refractivity contribution in [3.05, 3.63) is 0 Å². The third-order valence-corrected chi connectivity index (χ3v) is 2.00. The molecule has 0 rings (SSSR count). The first kappa shape index (κ1) is 17.8. The van der Waals surface area contributed by atoms with Crippen LogP contribution < -0.4 is 0 Å². The summed E-state index contributed by atoms with van der Waals surface area (Å²) in [6, 6.07) is 0. The Balaban J connectivity index is 5.23. The van der Waals surface area contributed by atoms with Gasteiger partial charge in [0.05, 0.1) is 19.8 Å². The summed E-state index contributed by atoms with van der Waals surface area (Å²) in [7, 11) is 0. The van der Waals surface area contributed by atoms with E-state index in [4.69, 9.17) is 0 Å². The summed E-state index contributed by atoms with van der Waals surface area (Å²) in [5.41, 5.74) is 0. The first-order valence-corrected chi connectivity index (χ1v) is 5.99. The van der Waals surface area contributed by atoms with Crippen LogP contribution in [0.4, 0.5) is 0 Å². The number of Topliss-reactive ketones (excluding diaryl/α,β-unsaturated/α-hetero) is 2.